The van der Waals surface area contributed by atoms with E-state index >= 15 is 0 Å². The lowest BCUT2D eigenvalue weighted by atomic mass is 9.89. The Morgan fingerprint density at radius 1 is 1.20 bits per heavy atom. The molecule has 7 nitrogen and oxygen atoms in total. The van der Waals surface area contributed by atoms with Gasteiger partial charge in [0.15, 0.2) is 17.3 Å². The summed E-state index contributed by atoms with van der Waals surface area (Å²) in [5, 5.41) is 0. The number of likely N-dealkylation sites (tertiary alicyclic amines) is 1. The molecule has 1 saturated heterocycles. The molecule has 7 heteroatoms. The fraction of sp³-hybridized carbons (Fsp3) is 0.500. The molecule has 1 aromatic rings. The summed E-state index contributed by atoms with van der Waals surface area (Å²) in [7, 11) is 1.30. The molecule has 134 valence electrons. The van der Waals surface area contributed by atoms with Gasteiger partial charge in [-0.15, -0.1) is 0 Å². The highest BCUT2D eigenvalue weighted by Crippen LogP contribution is 2.33. The van der Waals surface area contributed by atoms with Crippen molar-refractivity contribution in [3.05, 3.63) is 23.8 Å². The second-order valence-corrected chi connectivity index (χ2v) is 6.19. The number of hydrogen-bond donors (Lipinski definition) is 0. The number of hydrogen-bond acceptors (Lipinski definition) is 6. The van der Waals surface area contributed by atoms with Gasteiger partial charge in [0, 0.05) is 31.0 Å². The normalized spacial score (nSPS) is 18.8. The number of fused-ring (bicyclic) bond motifs is 1. The average Bonchev–Trinajstić information content (AvgIpc) is 3.13. The number of rotatable bonds is 5. The van der Waals surface area contributed by atoms with Gasteiger partial charge in [-0.05, 0) is 31.0 Å². The van der Waals surface area contributed by atoms with Crippen LogP contribution in [0, 0.1) is 5.92 Å². The highest BCUT2D eigenvalue weighted by atomic mass is 16.7. The fourth-order valence-corrected chi connectivity index (χ4v) is 3.17. The topological polar surface area (TPSA) is 82.1 Å². The van der Waals surface area contributed by atoms with Gasteiger partial charge in [0.2, 0.25) is 12.7 Å². The van der Waals surface area contributed by atoms with Crippen LogP contribution in [0.1, 0.15) is 36.0 Å². The summed E-state index contributed by atoms with van der Waals surface area (Å²) in [5.41, 5.74) is 0.568. The second kappa shape index (κ2) is 7.55. The Morgan fingerprint density at radius 2 is 2.00 bits per heavy atom. The van der Waals surface area contributed by atoms with Crippen molar-refractivity contribution in [1.29, 1.82) is 0 Å². The largest absolute Gasteiger partial charge is 0.469 e. The monoisotopic (exact) mass is 347 g/mol. The summed E-state index contributed by atoms with van der Waals surface area (Å²) < 4.78 is 15.1. The lowest BCUT2D eigenvalue weighted by Gasteiger charge is -2.32. The molecule has 2 aliphatic rings. The van der Waals surface area contributed by atoms with Crippen LogP contribution in [0.3, 0.4) is 0 Å². The molecule has 0 spiro atoms. The predicted octanol–water partition coefficient (Wildman–Crippen LogP) is 1.79. The van der Waals surface area contributed by atoms with E-state index in [1.54, 1.807) is 23.1 Å². The molecule has 2 heterocycles. The van der Waals surface area contributed by atoms with Crippen molar-refractivity contribution in [1.82, 2.24) is 4.90 Å². The highest BCUT2D eigenvalue weighted by molar-refractivity contribution is 5.99. The van der Waals surface area contributed by atoms with Crippen LogP contribution in [-0.2, 0) is 14.3 Å². The Kier molecular flexibility index (Phi) is 5.21. The zero-order valence-electron chi connectivity index (χ0n) is 14.2. The van der Waals surface area contributed by atoms with E-state index in [4.69, 9.17) is 9.47 Å². The number of ketones is 1. The van der Waals surface area contributed by atoms with Crippen molar-refractivity contribution in [2.45, 2.75) is 25.7 Å². The Hall–Kier alpha value is -2.57. The number of amides is 1. The summed E-state index contributed by atoms with van der Waals surface area (Å²) in [4.78, 5) is 37.9. The number of Topliss-reactive ketones (excluding diaryl/α,β-unsaturated/α-hetero) is 1. The van der Waals surface area contributed by atoms with Gasteiger partial charge in [-0.1, -0.05) is 0 Å². The molecule has 1 amide bonds. The van der Waals surface area contributed by atoms with Gasteiger partial charge in [0.05, 0.1) is 13.5 Å². The molecule has 0 radical (unpaired) electrons. The van der Waals surface area contributed by atoms with Crippen molar-refractivity contribution in [2.24, 2.45) is 5.92 Å². The maximum atomic E-state index is 12.8. The second-order valence-electron chi connectivity index (χ2n) is 6.19. The van der Waals surface area contributed by atoms with Crippen molar-refractivity contribution in [3.63, 3.8) is 0 Å². The zero-order valence-corrected chi connectivity index (χ0v) is 14.2. The number of ether oxygens (including phenoxy) is 3. The lowest BCUT2D eigenvalue weighted by Crippen LogP contribution is -2.42. The van der Waals surface area contributed by atoms with Crippen molar-refractivity contribution >= 4 is 17.7 Å². The average molecular weight is 347 g/mol. The van der Waals surface area contributed by atoms with E-state index in [0.29, 0.717) is 30.2 Å². The Labute approximate surface area is 145 Å². The van der Waals surface area contributed by atoms with E-state index in [9.17, 15) is 14.4 Å². The minimum absolute atomic E-state index is 0.00349. The van der Waals surface area contributed by atoms with Crippen LogP contribution >= 0.6 is 0 Å². The summed E-state index contributed by atoms with van der Waals surface area (Å²) in [5.74, 6) is 0.458. The maximum absolute atomic E-state index is 12.8. The molecule has 3 rings (SSSR count). The Morgan fingerprint density at radius 3 is 2.80 bits per heavy atom. The zero-order chi connectivity index (χ0) is 17.8. The Balaban J connectivity index is 1.61. The van der Waals surface area contributed by atoms with Crippen molar-refractivity contribution in [3.8, 4) is 11.5 Å². The first-order chi connectivity index (χ1) is 12.1. The number of carbonyl (C=O) groups excluding carboxylic acids is 3. The van der Waals surface area contributed by atoms with Gasteiger partial charge in [-0.2, -0.15) is 0 Å². The molecule has 1 unspecified atom stereocenters. The van der Waals surface area contributed by atoms with Crippen molar-refractivity contribution in [2.75, 3.05) is 27.0 Å². The van der Waals surface area contributed by atoms with E-state index in [2.05, 4.69) is 4.74 Å². The first kappa shape index (κ1) is 17.3. The summed E-state index contributed by atoms with van der Waals surface area (Å²) in [6, 6.07) is 5.16. The smallest absolute Gasteiger partial charge is 0.306 e. The number of benzene rings is 1. The molecule has 0 aromatic heterocycles. The van der Waals surface area contributed by atoms with Gasteiger partial charge in [0.25, 0.3) is 0 Å². The quantitative estimate of drug-likeness (QED) is 0.597. The standard InChI is InChI=1S/C18H21NO6/c1-23-17(21)7-6-16(20)19-8-2-3-13(10-19)18(22)12-4-5-14-15(9-12)25-11-24-14/h4-5,9,13H,2-3,6-8,10-11H2,1H3. The molecular formula is C18H21NO6. The van der Waals surface area contributed by atoms with Crippen LogP contribution in [0.2, 0.25) is 0 Å². The van der Waals surface area contributed by atoms with Crippen LogP contribution < -0.4 is 9.47 Å². The van der Waals surface area contributed by atoms with Gasteiger partial charge in [0.1, 0.15) is 0 Å². The molecule has 1 aromatic carbocycles. The van der Waals surface area contributed by atoms with Crippen LogP contribution in [0.4, 0.5) is 0 Å². The van der Waals surface area contributed by atoms with E-state index in [1.165, 1.54) is 7.11 Å². The first-order valence-electron chi connectivity index (χ1n) is 8.37. The molecule has 2 aliphatic heterocycles. The summed E-state index contributed by atoms with van der Waals surface area (Å²) >= 11 is 0. The molecule has 1 atom stereocenters. The fourth-order valence-electron chi connectivity index (χ4n) is 3.17. The van der Waals surface area contributed by atoms with Crippen LogP contribution in [0.25, 0.3) is 0 Å². The summed E-state index contributed by atoms with van der Waals surface area (Å²) in [6.07, 6.45) is 1.68. The minimum atomic E-state index is -0.404. The minimum Gasteiger partial charge on any atom is -0.469 e. The lowest BCUT2D eigenvalue weighted by molar-refractivity contribution is -0.144. The highest BCUT2D eigenvalue weighted by Gasteiger charge is 2.30. The number of carbonyl (C=O) groups is 3. The van der Waals surface area contributed by atoms with E-state index < -0.39 is 5.97 Å². The molecule has 1 fully saturated rings. The van der Waals surface area contributed by atoms with Crippen LogP contribution in [-0.4, -0.2) is 49.6 Å². The molecular weight excluding hydrogens is 326 g/mol. The number of esters is 1. The number of piperidine rings is 1. The van der Waals surface area contributed by atoms with E-state index in [-0.39, 0.29) is 37.2 Å². The van der Waals surface area contributed by atoms with E-state index in [1.807, 2.05) is 0 Å². The van der Waals surface area contributed by atoms with Gasteiger partial charge < -0.3 is 19.1 Å². The SMILES string of the molecule is COC(=O)CCC(=O)N1CCCC(C(=O)c2ccc3c(c2)OCO3)C1. The first-order valence-corrected chi connectivity index (χ1v) is 8.37. The third-order valence-corrected chi connectivity index (χ3v) is 4.57. The number of nitrogens with zero attached hydrogens (tertiary/aromatic N) is 1. The maximum Gasteiger partial charge on any atom is 0.306 e. The van der Waals surface area contributed by atoms with E-state index in [0.717, 1.165) is 12.8 Å². The van der Waals surface area contributed by atoms with Crippen molar-refractivity contribution < 1.29 is 28.6 Å². The molecule has 0 saturated carbocycles. The molecule has 0 N–H and O–H groups in total. The van der Waals surface area contributed by atoms with Crippen LogP contribution in [0.5, 0.6) is 11.5 Å². The molecule has 0 aliphatic carbocycles. The predicted molar refractivity (Wildman–Crippen MR) is 87.4 cm³/mol. The van der Waals surface area contributed by atoms with Gasteiger partial charge in [-0.25, -0.2) is 0 Å². The summed E-state index contributed by atoms with van der Waals surface area (Å²) in [6.45, 7) is 1.16. The van der Waals surface area contributed by atoms with Gasteiger partial charge in [-0.3, -0.25) is 14.4 Å². The third-order valence-electron chi connectivity index (χ3n) is 4.57. The third kappa shape index (κ3) is 3.92. The number of methoxy groups -OCH3 is 1. The van der Waals surface area contributed by atoms with Crippen LogP contribution in [0.15, 0.2) is 18.2 Å². The van der Waals surface area contributed by atoms with Gasteiger partial charge >= 0.3 is 5.97 Å². The molecule has 25 heavy (non-hydrogen) atoms. The Bertz CT molecular complexity index is 686. The molecule has 0 bridgehead atoms.